The van der Waals surface area contributed by atoms with Gasteiger partial charge in [0.2, 0.25) is 5.76 Å². The first-order valence-corrected chi connectivity index (χ1v) is 8.37. The second-order valence-electron chi connectivity index (χ2n) is 5.99. The van der Waals surface area contributed by atoms with Crippen LogP contribution in [-0.4, -0.2) is 67.3 Å². The summed E-state index contributed by atoms with van der Waals surface area (Å²) in [5, 5.41) is 3.77. The Bertz CT molecular complexity index is 691. The summed E-state index contributed by atoms with van der Waals surface area (Å²) in [7, 11) is 1.64. The summed E-state index contributed by atoms with van der Waals surface area (Å²) in [4.78, 5) is 16.4. The number of ether oxygens (including phenoxy) is 2. The molecule has 1 saturated heterocycles. The largest absolute Gasteiger partial charge is 0.497 e. The minimum Gasteiger partial charge on any atom is -0.497 e. The minimum absolute atomic E-state index is 0.0882. The first-order valence-electron chi connectivity index (χ1n) is 8.37. The highest BCUT2D eigenvalue weighted by atomic mass is 16.5. The van der Waals surface area contributed by atoms with E-state index in [0.29, 0.717) is 25.5 Å². The summed E-state index contributed by atoms with van der Waals surface area (Å²) < 4.78 is 15.9. The molecule has 1 fully saturated rings. The zero-order valence-electron chi connectivity index (χ0n) is 14.6. The van der Waals surface area contributed by atoms with Crippen LogP contribution in [0.2, 0.25) is 0 Å². The molecule has 0 atom stereocenters. The van der Waals surface area contributed by atoms with E-state index in [-0.39, 0.29) is 5.91 Å². The summed E-state index contributed by atoms with van der Waals surface area (Å²) in [5.41, 5.74) is 0.720. The van der Waals surface area contributed by atoms with Gasteiger partial charge in [-0.15, -0.1) is 0 Å². The maximum Gasteiger partial charge on any atom is 0.292 e. The van der Waals surface area contributed by atoms with Gasteiger partial charge in [0.05, 0.1) is 12.8 Å². The summed E-state index contributed by atoms with van der Waals surface area (Å²) in [5.74, 6) is 1.87. The number of aryl methyl sites for hydroxylation is 1. The van der Waals surface area contributed by atoms with Crippen molar-refractivity contribution in [3.63, 3.8) is 0 Å². The molecule has 7 nitrogen and oxygen atoms in total. The number of carbonyl (C=O) groups is 1. The Balaban J connectivity index is 1.39. The number of rotatable bonds is 6. The smallest absolute Gasteiger partial charge is 0.292 e. The van der Waals surface area contributed by atoms with Crippen molar-refractivity contribution in [1.82, 2.24) is 15.0 Å². The van der Waals surface area contributed by atoms with Crippen LogP contribution in [0, 0.1) is 6.92 Å². The van der Waals surface area contributed by atoms with Gasteiger partial charge in [-0.25, -0.2) is 0 Å². The molecule has 1 aromatic heterocycles. The van der Waals surface area contributed by atoms with Crippen molar-refractivity contribution < 1.29 is 18.8 Å². The predicted molar refractivity (Wildman–Crippen MR) is 92.1 cm³/mol. The molecule has 1 amide bonds. The van der Waals surface area contributed by atoms with Crippen LogP contribution in [0.1, 0.15) is 16.2 Å². The maximum absolute atomic E-state index is 12.3. The molecule has 0 radical (unpaired) electrons. The van der Waals surface area contributed by atoms with E-state index in [0.717, 1.165) is 36.8 Å². The SMILES string of the molecule is COc1ccc(OCCN2CCN(C(=O)c3cc(C)no3)CC2)cc1. The predicted octanol–water partition coefficient (Wildman–Crippen LogP) is 1.83. The molecule has 0 N–H and O–H groups in total. The number of hydrogen-bond donors (Lipinski definition) is 0. The second kappa shape index (κ2) is 8.02. The molecule has 25 heavy (non-hydrogen) atoms. The molecule has 1 aliphatic heterocycles. The third kappa shape index (κ3) is 4.51. The molecule has 0 unspecified atom stereocenters. The third-order valence-electron chi connectivity index (χ3n) is 4.23. The zero-order valence-corrected chi connectivity index (χ0v) is 14.6. The Morgan fingerprint density at radius 3 is 2.44 bits per heavy atom. The quantitative estimate of drug-likeness (QED) is 0.796. The van der Waals surface area contributed by atoms with Crippen LogP contribution in [0.15, 0.2) is 34.9 Å². The first kappa shape index (κ1) is 17.3. The molecule has 0 bridgehead atoms. The van der Waals surface area contributed by atoms with Gasteiger partial charge in [-0.2, -0.15) is 0 Å². The summed E-state index contributed by atoms with van der Waals surface area (Å²) in [6, 6.07) is 9.23. The van der Waals surface area contributed by atoms with E-state index in [2.05, 4.69) is 10.1 Å². The normalized spacial score (nSPS) is 15.2. The van der Waals surface area contributed by atoms with Gasteiger partial charge >= 0.3 is 0 Å². The highest BCUT2D eigenvalue weighted by molar-refractivity contribution is 5.91. The number of hydrogen-bond acceptors (Lipinski definition) is 6. The summed E-state index contributed by atoms with van der Waals surface area (Å²) in [6.45, 7) is 6.26. The summed E-state index contributed by atoms with van der Waals surface area (Å²) >= 11 is 0. The van der Waals surface area contributed by atoms with Crippen molar-refractivity contribution in [2.75, 3.05) is 46.4 Å². The lowest BCUT2D eigenvalue weighted by Gasteiger charge is -2.34. The topological polar surface area (TPSA) is 68.0 Å². The van der Waals surface area contributed by atoms with Crippen LogP contribution in [0.5, 0.6) is 11.5 Å². The van der Waals surface area contributed by atoms with Gasteiger partial charge in [0.25, 0.3) is 5.91 Å². The van der Waals surface area contributed by atoms with Gasteiger partial charge < -0.3 is 18.9 Å². The van der Waals surface area contributed by atoms with Gasteiger partial charge in [-0.1, -0.05) is 5.16 Å². The standard InChI is InChI=1S/C18H23N3O4/c1-14-13-17(25-19-14)18(22)21-9-7-20(8-10-21)11-12-24-16-5-3-15(23-2)4-6-16/h3-6,13H,7-12H2,1-2H3. The van der Waals surface area contributed by atoms with Crippen molar-refractivity contribution in [3.8, 4) is 11.5 Å². The fourth-order valence-corrected chi connectivity index (χ4v) is 2.76. The van der Waals surface area contributed by atoms with Gasteiger partial charge in [0.1, 0.15) is 18.1 Å². The van der Waals surface area contributed by atoms with Crippen LogP contribution in [0.25, 0.3) is 0 Å². The van der Waals surface area contributed by atoms with E-state index >= 15 is 0 Å². The molecule has 0 spiro atoms. The molecule has 0 aliphatic carbocycles. The van der Waals surface area contributed by atoms with Gasteiger partial charge in [0, 0.05) is 38.8 Å². The molecule has 2 aromatic rings. The van der Waals surface area contributed by atoms with Crippen molar-refractivity contribution in [3.05, 3.63) is 41.8 Å². The lowest BCUT2D eigenvalue weighted by Crippen LogP contribution is -2.49. The molecule has 134 valence electrons. The number of nitrogens with zero attached hydrogens (tertiary/aromatic N) is 3. The van der Waals surface area contributed by atoms with Crippen molar-refractivity contribution >= 4 is 5.91 Å². The minimum atomic E-state index is -0.0882. The lowest BCUT2D eigenvalue weighted by atomic mass is 10.2. The number of piperazine rings is 1. The Morgan fingerprint density at radius 2 is 1.84 bits per heavy atom. The number of methoxy groups -OCH3 is 1. The molecular formula is C18H23N3O4. The molecule has 2 heterocycles. The lowest BCUT2D eigenvalue weighted by molar-refractivity contribution is 0.0581. The Morgan fingerprint density at radius 1 is 1.16 bits per heavy atom. The van der Waals surface area contributed by atoms with Crippen LogP contribution < -0.4 is 9.47 Å². The number of aromatic nitrogens is 1. The number of carbonyl (C=O) groups excluding carboxylic acids is 1. The molecule has 1 aliphatic rings. The van der Waals surface area contributed by atoms with E-state index in [1.807, 2.05) is 24.3 Å². The molecule has 7 heteroatoms. The molecular weight excluding hydrogens is 322 g/mol. The van der Waals surface area contributed by atoms with Gasteiger partial charge in [0.15, 0.2) is 0 Å². The zero-order chi connectivity index (χ0) is 17.6. The van der Waals surface area contributed by atoms with Crippen LogP contribution in [0.3, 0.4) is 0 Å². The highest BCUT2D eigenvalue weighted by Gasteiger charge is 2.24. The molecule has 1 aromatic carbocycles. The Labute approximate surface area is 147 Å². The second-order valence-corrected chi connectivity index (χ2v) is 5.99. The maximum atomic E-state index is 12.3. The van der Waals surface area contributed by atoms with Gasteiger partial charge in [-0.3, -0.25) is 9.69 Å². The van der Waals surface area contributed by atoms with Crippen LogP contribution in [0.4, 0.5) is 0 Å². The van der Waals surface area contributed by atoms with Crippen molar-refractivity contribution in [2.24, 2.45) is 0 Å². The van der Waals surface area contributed by atoms with Crippen molar-refractivity contribution in [2.45, 2.75) is 6.92 Å². The van der Waals surface area contributed by atoms with Crippen LogP contribution in [-0.2, 0) is 0 Å². The van der Waals surface area contributed by atoms with E-state index in [4.69, 9.17) is 14.0 Å². The number of amides is 1. The average molecular weight is 345 g/mol. The highest BCUT2D eigenvalue weighted by Crippen LogP contribution is 2.17. The Hall–Kier alpha value is -2.54. The molecule has 0 saturated carbocycles. The van der Waals surface area contributed by atoms with E-state index in [9.17, 15) is 4.79 Å². The average Bonchev–Trinajstić information content (AvgIpc) is 3.09. The third-order valence-corrected chi connectivity index (χ3v) is 4.23. The fraction of sp³-hybridized carbons (Fsp3) is 0.444. The van der Waals surface area contributed by atoms with E-state index in [1.165, 1.54) is 0 Å². The fourth-order valence-electron chi connectivity index (χ4n) is 2.76. The summed E-state index contributed by atoms with van der Waals surface area (Å²) in [6.07, 6.45) is 0. The van der Waals surface area contributed by atoms with E-state index < -0.39 is 0 Å². The van der Waals surface area contributed by atoms with Crippen LogP contribution >= 0.6 is 0 Å². The molecule has 3 rings (SSSR count). The Kier molecular flexibility index (Phi) is 5.55. The monoisotopic (exact) mass is 345 g/mol. The van der Waals surface area contributed by atoms with Crippen molar-refractivity contribution in [1.29, 1.82) is 0 Å². The number of benzene rings is 1. The van der Waals surface area contributed by atoms with Gasteiger partial charge in [-0.05, 0) is 31.2 Å². The van der Waals surface area contributed by atoms with E-state index in [1.54, 1.807) is 25.0 Å². The first-order chi connectivity index (χ1) is 12.2.